The third-order valence-electron chi connectivity index (χ3n) is 4.88. The molecule has 3 aromatic heterocycles. The van der Waals surface area contributed by atoms with Gasteiger partial charge in [-0.1, -0.05) is 25.9 Å². The molecule has 0 radical (unpaired) electrons. The van der Waals surface area contributed by atoms with E-state index in [0.717, 1.165) is 49.9 Å². The number of pyridine rings is 1. The van der Waals surface area contributed by atoms with Gasteiger partial charge in [0.2, 0.25) is 5.89 Å². The Balaban J connectivity index is 1.43. The summed E-state index contributed by atoms with van der Waals surface area (Å²) in [6, 6.07) is 4.28. The molecule has 1 fully saturated rings. The molecule has 0 aliphatic carbocycles. The van der Waals surface area contributed by atoms with E-state index in [4.69, 9.17) is 9.51 Å². The topological polar surface area (TPSA) is 62.7 Å². The lowest BCUT2D eigenvalue weighted by molar-refractivity contribution is 0.240. The van der Waals surface area contributed by atoms with Crippen molar-refractivity contribution in [3.63, 3.8) is 0 Å². The number of piperazine rings is 1. The van der Waals surface area contributed by atoms with Crippen molar-refractivity contribution in [2.24, 2.45) is 0 Å². The number of fused-ring (bicyclic) bond motifs is 1. The SMILES string of the molecule is Cc1nc(CN2CCN(c3ccc4nc(C(C)(C)C)cn4c3)CC2)no1. The van der Waals surface area contributed by atoms with Gasteiger partial charge in [0, 0.05) is 50.9 Å². The van der Waals surface area contributed by atoms with Gasteiger partial charge in [0.05, 0.1) is 17.9 Å². The molecule has 26 heavy (non-hydrogen) atoms. The average Bonchev–Trinajstić information content (AvgIpc) is 3.20. The Hall–Kier alpha value is -2.41. The summed E-state index contributed by atoms with van der Waals surface area (Å²) in [6.45, 7) is 13.1. The van der Waals surface area contributed by atoms with Crippen molar-refractivity contribution >= 4 is 11.3 Å². The molecule has 0 amide bonds. The van der Waals surface area contributed by atoms with Crippen molar-refractivity contribution < 1.29 is 4.52 Å². The summed E-state index contributed by atoms with van der Waals surface area (Å²) >= 11 is 0. The normalized spacial score (nSPS) is 16.5. The highest BCUT2D eigenvalue weighted by atomic mass is 16.5. The highest BCUT2D eigenvalue weighted by Gasteiger charge is 2.21. The molecule has 0 spiro atoms. The molecule has 7 nitrogen and oxygen atoms in total. The van der Waals surface area contributed by atoms with E-state index in [0.29, 0.717) is 5.89 Å². The maximum atomic E-state index is 5.06. The molecule has 0 atom stereocenters. The van der Waals surface area contributed by atoms with Gasteiger partial charge in [-0.3, -0.25) is 4.90 Å². The number of rotatable bonds is 3. The molecular weight excluding hydrogens is 328 g/mol. The van der Waals surface area contributed by atoms with Crippen molar-refractivity contribution in [1.82, 2.24) is 24.4 Å². The molecule has 1 aliphatic heterocycles. The lowest BCUT2D eigenvalue weighted by Gasteiger charge is -2.35. The molecule has 4 rings (SSSR count). The van der Waals surface area contributed by atoms with Crippen molar-refractivity contribution in [3.05, 3.63) is 41.9 Å². The van der Waals surface area contributed by atoms with Crippen molar-refractivity contribution in [1.29, 1.82) is 0 Å². The van der Waals surface area contributed by atoms with E-state index in [2.05, 4.69) is 69.6 Å². The standard InChI is InChI=1S/C19H26N6O/c1-14-20-17(22-26-14)13-23-7-9-24(10-8-23)15-5-6-18-21-16(19(2,3)4)12-25(18)11-15/h5-6,11-12H,7-10,13H2,1-4H3. The van der Waals surface area contributed by atoms with Gasteiger partial charge in [-0.15, -0.1) is 0 Å². The molecular formula is C19H26N6O. The van der Waals surface area contributed by atoms with E-state index in [1.54, 1.807) is 0 Å². The van der Waals surface area contributed by atoms with E-state index >= 15 is 0 Å². The van der Waals surface area contributed by atoms with E-state index < -0.39 is 0 Å². The zero-order valence-corrected chi connectivity index (χ0v) is 15.9. The summed E-state index contributed by atoms with van der Waals surface area (Å²) in [4.78, 5) is 13.8. The molecule has 0 aromatic carbocycles. The van der Waals surface area contributed by atoms with Crippen LogP contribution in [0, 0.1) is 6.92 Å². The maximum absolute atomic E-state index is 5.06. The van der Waals surface area contributed by atoms with Crippen molar-refractivity contribution in [2.45, 2.75) is 39.7 Å². The summed E-state index contributed by atoms with van der Waals surface area (Å²) < 4.78 is 7.20. The van der Waals surface area contributed by atoms with E-state index in [-0.39, 0.29) is 5.41 Å². The van der Waals surface area contributed by atoms with Gasteiger partial charge >= 0.3 is 0 Å². The Kier molecular flexibility index (Phi) is 4.19. The second-order valence-corrected chi connectivity index (χ2v) is 8.02. The van der Waals surface area contributed by atoms with E-state index in [1.165, 1.54) is 5.69 Å². The minimum Gasteiger partial charge on any atom is -0.368 e. The number of aromatic nitrogens is 4. The van der Waals surface area contributed by atoms with Gasteiger partial charge in [-0.2, -0.15) is 4.98 Å². The van der Waals surface area contributed by atoms with Crippen LogP contribution in [0.1, 0.15) is 38.2 Å². The Morgan fingerprint density at radius 1 is 1.04 bits per heavy atom. The predicted molar refractivity (Wildman–Crippen MR) is 100 cm³/mol. The van der Waals surface area contributed by atoms with Crippen LogP contribution in [-0.4, -0.2) is 50.6 Å². The smallest absolute Gasteiger partial charge is 0.223 e. The molecule has 0 bridgehead atoms. The fraction of sp³-hybridized carbons (Fsp3) is 0.526. The van der Waals surface area contributed by atoms with Crippen LogP contribution in [0.4, 0.5) is 5.69 Å². The molecule has 7 heteroatoms. The molecule has 0 unspecified atom stereocenters. The lowest BCUT2D eigenvalue weighted by Crippen LogP contribution is -2.46. The third-order valence-corrected chi connectivity index (χ3v) is 4.88. The first-order valence-electron chi connectivity index (χ1n) is 9.14. The summed E-state index contributed by atoms with van der Waals surface area (Å²) in [6.07, 6.45) is 4.34. The molecule has 138 valence electrons. The minimum absolute atomic E-state index is 0.0608. The minimum atomic E-state index is 0.0608. The van der Waals surface area contributed by atoms with E-state index in [1.807, 2.05) is 6.92 Å². The summed E-state index contributed by atoms with van der Waals surface area (Å²) in [7, 11) is 0. The Labute approximate surface area is 153 Å². The zero-order valence-electron chi connectivity index (χ0n) is 15.9. The summed E-state index contributed by atoms with van der Waals surface area (Å²) in [5.74, 6) is 1.40. The monoisotopic (exact) mass is 354 g/mol. The predicted octanol–water partition coefficient (Wildman–Crippen LogP) is 2.65. The molecule has 0 N–H and O–H groups in total. The first-order chi connectivity index (χ1) is 12.4. The molecule has 4 heterocycles. The van der Waals surface area contributed by atoms with Crippen LogP contribution in [0.3, 0.4) is 0 Å². The third kappa shape index (κ3) is 3.44. The van der Waals surface area contributed by atoms with Gasteiger partial charge in [-0.05, 0) is 12.1 Å². The number of hydrogen-bond donors (Lipinski definition) is 0. The largest absolute Gasteiger partial charge is 0.368 e. The van der Waals surface area contributed by atoms with Gasteiger partial charge < -0.3 is 13.8 Å². The van der Waals surface area contributed by atoms with Crippen LogP contribution in [0.5, 0.6) is 0 Å². The first-order valence-corrected chi connectivity index (χ1v) is 9.14. The summed E-state index contributed by atoms with van der Waals surface area (Å²) in [5, 5.41) is 3.99. The number of anilines is 1. The average molecular weight is 354 g/mol. The van der Waals surface area contributed by atoms with Gasteiger partial charge in [0.25, 0.3) is 0 Å². The van der Waals surface area contributed by atoms with Crippen molar-refractivity contribution in [3.8, 4) is 0 Å². The second-order valence-electron chi connectivity index (χ2n) is 8.02. The van der Waals surface area contributed by atoms with E-state index in [9.17, 15) is 0 Å². The Morgan fingerprint density at radius 2 is 1.81 bits per heavy atom. The molecule has 1 saturated heterocycles. The maximum Gasteiger partial charge on any atom is 0.223 e. The van der Waals surface area contributed by atoms with Crippen LogP contribution >= 0.6 is 0 Å². The number of hydrogen-bond acceptors (Lipinski definition) is 6. The zero-order chi connectivity index (χ0) is 18.3. The van der Waals surface area contributed by atoms with Gasteiger partial charge in [-0.25, -0.2) is 4.98 Å². The quantitative estimate of drug-likeness (QED) is 0.721. The van der Waals surface area contributed by atoms with Crippen LogP contribution in [0.15, 0.2) is 29.0 Å². The fourth-order valence-electron chi connectivity index (χ4n) is 3.30. The Bertz CT molecular complexity index is 898. The van der Waals surface area contributed by atoms with Crippen LogP contribution in [-0.2, 0) is 12.0 Å². The Morgan fingerprint density at radius 3 is 2.46 bits per heavy atom. The van der Waals surface area contributed by atoms with Gasteiger partial charge in [0.1, 0.15) is 5.65 Å². The van der Waals surface area contributed by atoms with Crippen LogP contribution in [0.2, 0.25) is 0 Å². The van der Waals surface area contributed by atoms with Gasteiger partial charge in [0.15, 0.2) is 5.82 Å². The van der Waals surface area contributed by atoms with Crippen LogP contribution in [0.25, 0.3) is 5.65 Å². The molecule has 1 aliphatic rings. The van der Waals surface area contributed by atoms with Crippen LogP contribution < -0.4 is 4.90 Å². The number of nitrogens with zero attached hydrogens (tertiary/aromatic N) is 6. The molecule has 0 saturated carbocycles. The number of imidazole rings is 1. The van der Waals surface area contributed by atoms with Crippen molar-refractivity contribution in [2.75, 3.05) is 31.1 Å². The molecule has 3 aromatic rings. The second kappa shape index (κ2) is 6.39. The first kappa shape index (κ1) is 17.0. The highest BCUT2D eigenvalue weighted by Crippen LogP contribution is 2.24. The fourth-order valence-corrected chi connectivity index (χ4v) is 3.30. The summed E-state index contributed by atoms with van der Waals surface area (Å²) in [5.41, 5.74) is 3.43. The lowest BCUT2D eigenvalue weighted by atomic mass is 9.93. The number of aryl methyl sites for hydroxylation is 1. The highest BCUT2D eigenvalue weighted by molar-refractivity contribution is 5.53.